The third kappa shape index (κ3) is 2.95. The average molecular weight is 263 g/mol. The van der Waals surface area contributed by atoms with Crippen molar-refractivity contribution in [1.29, 1.82) is 0 Å². The van der Waals surface area contributed by atoms with Crippen LogP contribution in [0.25, 0.3) is 0 Å². The van der Waals surface area contributed by atoms with Crippen molar-refractivity contribution in [2.75, 3.05) is 0 Å². The third-order valence-corrected chi connectivity index (χ3v) is 2.56. The van der Waals surface area contributed by atoms with Crippen molar-refractivity contribution >= 4 is 23.7 Å². The fraction of sp³-hybridized carbons (Fsp3) is 0.0833. The van der Waals surface area contributed by atoms with E-state index in [1.165, 1.54) is 6.21 Å². The first kappa shape index (κ1) is 12.3. The van der Waals surface area contributed by atoms with Crippen molar-refractivity contribution in [2.45, 2.75) is 6.92 Å². The fourth-order valence-corrected chi connectivity index (χ4v) is 1.52. The van der Waals surface area contributed by atoms with Crippen LogP contribution >= 0.6 is 11.6 Å². The van der Waals surface area contributed by atoms with Gasteiger partial charge in [-0.15, -0.1) is 0 Å². The molecule has 1 aromatic heterocycles. The Morgan fingerprint density at radius 2 is 2.28 bits per heavy atom. The molecule has 5 nitrogen and oxygen atoms in total. The van der Waals surface area contributed by atoms with Crippen molar-refractivity contribution < 1.29 is 4.79 Å². The molecule has 0 spiro atoms. The SMILES string of the molecule is Cc1cc(C(=O)N/N=C\c2ccccc2Cl)n[nH]1. The van der Waals surface area contributed by atoms with Crippen LogP contribution in [0.1, 0.15) is 21.7 Å². The molecular formula is C12H11ClN4O. The zero-order valence-electron chi connectivity index (χ0n) is 9.64. The Hall–Kier alpha value is -2.14. The standard InChI is InChI=1S/C12H11ClN4O/c1-8-6-11(16-15-8)12(18)17-14-7-9-4-2-3-5-10(9)13/h2-7H,1H3,(H,15,16)(H,17,18)/b14-7-. The largest absolute Gasteiger partial charge is 0.291 e. The van der Waals surface area contributed by atoms with Crippen molar-refractivity contribution in [3.63, 3.8) is 0 Å². The molecule has 2 aromatic rings. The first-order valence-corrected chi connectivity index (χ1v) is 5.64. The third-order valence-electron chi connectivity index (χ3n) is 2.21. The number of benzene rings is 1. The highest BCUT2D eigenvalue weighted by atomic mass is 35.5. The van der Waals surface area contributed by atoms with Crippen molar-refractivity contribution in [3.05, 3.63) is 52.3 Å². The Labute approximate surface area is 109 Å². The normalized spacial score (nSPS) is 10.8. The maximum absolute atomic E-state index is 11.6. The number of carbonyl (C=O) groups is 1. The van der Waals surface area contributed by atoms with E-state index in [1.807, 2.05) is 19.1 Å². The van der Waals surface area contributed by atoms with Crippen LogP contribution in [0.5, 0.6) is 0 Å². The van der Waals surface area contributed by atoms with Crippen LogP contribution < -0.4 is 5.43 Å². The van der Waals surface area contributed by atoms with E-state index in [2.05, 4.69) is 20.7 Å². The summed E-state index contributed by atoms with van der Waals surface area (Å²) < 4.78 is 0. The van der Waals surface area contributed by atoms with E-state index in [4.69, 9.17) is 11.6 Å². The minimum Gasteiger partial charge on any atom is -0.282 e. The van der Waals surface area contributed by atoms with E-state index in [1.54, 1.807) is 18.2 Å². The minimum atomic E-state index is -0.373. The molecule has 0 aliphatic rings. The molecule has 0 unspecified atom stereocenters. The van der Waals surface area contributed by atoms with Gasteiger partial charge in [0.15, 0.2) is 5.69 Å². The molecule has 1 amide bonds. The number of carbonyl (C=O) groups excluding carboxylic acids is 1. The van der Waals surface area contributed by atoms with E-state index < -0.39 is 0 Å². The fourth-order valence-electron chi connectivity index (χ4n) is 1.33. The second kappa shape index (κ2) is 5.46. The van der Waals surface area contributed by atoms with Crippen molar-refractivity contribution in [1.82, 2.24) is 15.6 Å². The molecular weight excluding hydrogens is 252 g/mol. The van der Waals surface area contributed by atoms with Crippen LogP contribution in [-0.4, -0.2) is 22.3 Å². The van der Waals surface area contributed by atoms with Crippen LogP contribution in [0.2, 0.25) is 5.02 Å². The molecule has 0 saturated carbocycles. The van der Waals surface area contributed by atoms with Gasteiger partial charge in [-0.1, -0.05) is 29.8 Å². The van der Waals surface area contributed by atoms with Gasteiger partial charge in [-0.05, 0) is 19.1 Å². The zero-order valence-corrected chi connectivity index (χ0v) is 10.4. The van der Waals surface area contributed by atoms with Gasteiger partial charge in [0.1, 0.15) is 0 Å². The Balaban J connectivity index is 2.00. The van der Waals surface area contributed by atoms with Gasteiger partial charge < -0.3 is 0 Å². The number of halogens is 1. The smallest absolute Gasteiger partial charge is 0.282 e. The monoisotopic (exact) mass is 262 g/mol. The molecule has 0 radical (unpaired) electrons. The highest BCUT2D eigenvalue weighted by molar-refractivity contribution is 6.33. The van der Waals surface area contributed by atoms with Crippen molar-refractivity contribution in [3.8, 4) is 0 Å². The van der Waals surface area contributed by atoms with E-state index in [0.29, 0.717) is 10.7 Å². The molecule has 2 N–H and O–H groups in total. The highest BCUT2D eigenvalue weighted by Crippen LogP contribution is 2.12. The number of nitrogens with one attached hydrogen (secondary N) is 2. The van der Waals surface area contributed by atoms with Crippen LogP contribution in [0.15, 0.2) is 35.4 Å². The lowest BCUT2D eigenvalue weighted by Gasteiger charge is -1.97. The molecule has 6 heteroatoms. The first-order valence-electron chi connectivity index (χ1n) is 5.27. The van der Waals surface area contributed by atoms with Gasteiger partial charge in [-0.3, -0.25) is 9.89 Å². The highest BCUT2D eigenvalue weighted by Gasteiger charge is 2.07. The number of hydrogen-bond acceptors (Lipinski definition) is 3. The number of aromatic amines is 1. The van der Waals surface area contributed by atoms with E-state index in [9.17, 15) is 4.79 Å². The Kier molecular flexibility index (Phi) is 3.74. The quantitative estimate of drug-likeness (QED) is 0.657. The predicted octanol–water partition coefficient (Wildman–Crippen LogP) is 2.14. The lowest BCUT2D eigenvalue weighted by molar-refractivity contribution is 0.0950. The molecule has 0 bridgehead atoms. The maximum atomic E-state index is 11.6. The minimum absolute atomic E-state index is 0.295. The summed E-state index contributed by atoms with van der Waals surface area (Å²) in [4.78, 5) is 11.6. The summed E-state index contributed by atoms with van der Waals surface area (Å²) in [5.74, 6) is -0.373. The number of nitrogens with zero attached hydrogens (tertiary/aromatic N) is 2. The predicted molar refractivity (Wildman–Crippen MR) is 69.8 cm³/mol. The summed E-state index contributed by atoms with van der Waals surface area (Å²) >= 11 is 5.94. The Morgan fingerprint density at radius 3 is 2.94 bits per heavy atom. The molecule has 1 heterocycles. The Bertz CT molecular complexity index is 591. The summed E-state index contributed by atoms with van der Waals surface area (Å²) in [7, 11) is 0. The number of H-pyrrole nitrogens is 1. The summed E-state index contributed by atoms with van der Waals surface area (Å²) in [6.45, 7) is 1.82. The molecule has 0 aliphatic carbocycles. The van der Waals surface area contributed by atoms with Gasteiger partial charge in [0.05, 0.1) is 6.21 Å². The molecule has 0 atom stereocenters. The number of hydrazone groups is 1. The van der Waals surface area contributed by atoms with Gasteiger partial charge in [0.25, 0.3) is 5.91 Å². The summed E-state index contributed by atoms with van der Waals surface area (Å²) in [6, 6.07) is 8.86. The molecule has 92 valence electrons. The van der Waals surface area contributed by atoms with Crippen LogP contribution in [0.4, 0.5) is 0 Å². The number of hydrogen-bond donors (Lipinski definition) is 2. The molecule has 0 fully saturated rings. The van der Waals surface area contributed by atoms with Gasteiger partial charge in [-0.25, -0.2) is 5.43 Å². The maximum Gasteiger partial charge on any atom is 0.291 e. The molecule has 18 heavy (non-hydrogen) atoms. The summed E-state index contributed by atoms with van der Waals surface area (Å²) in [5.41, 5.74) is 4.22. The lowest BCUT2D eigenvalue weighted by Crippen LogP contribution is -2.18. The second-order valence-corrected chi connectivity index (χ2v) is 4.06. The van der Waals surface area contributed by atoms with Crippen molar-refractivity contribution in [2.24, 2.45) is 5.10 Å². The van der Waals surface area contributed by atoms with Crippen LogP contribution in [-0.2, 0) is 0 Å². The average Bonchev–Trinajstić information content (AvgIpc) is 2.78. The molecule has 0 aliphatic heterocycles. The molecule has 1 aromatic carbocycles. The van der Waals surface area contributed by atoms with Gasteiger partial charge in [0, 0.05) is 16.3 Å². The van der Waals surface area contributed by atoms with E-state index in [0.717, 1.165) is 11.3 Å². The lowest BCUT2D eigenvalue weighted by atomic mass is 10.2. The van der Waals surface area contributed by atoms with Crippen LogP contribution in [0, 0.1) is 6.92 Å². The number of aryl methyl sites for hydroxylation is 1. The van der Waals surface area contributed by atoms with Gasteiger partial charge in [-0.2, -0.15) is 10.2 Å². The second-order valence-electron chi connectivity index (χ2n) is 3.66. The molecule has 2 rings (SSSR count). The number of aromatic nitrogens is 2. The van der Waals surface area contributed by atoms with E-state index >= 15 is 0 Å². The van der Waals surface area contributed by atoms with Gasteiger partial charge >= 0.3 is 0 Å². The van der Waals surface area contributed by atoms with E-state index in [-0.39, 0.29) is 5.91 Å². The zero-order chi connectivity index (χ0) is 13.0. The van der Waals surface area contributed by atoms with Gasteiger partial charge in [0.2, 0.25) is 0 Å². The Morgan fingerprint density at radius 1 is 1.50 bits per heavy atom. The first-order chi connectivity index (χ1) is 8.66. The van der Waals surface area contributed by atoms with Crippen LogP contribution in [0.3, 0.4) is 0 Å². The summed E-state index contributed by atoms with van der Waals surface area (Å²) in [5, 5.41) is 10.9. The number of amides is 1. The topological polar surface area (TPSA) is 70.1 Å². The molecule has 0 saturated heterocycles. The number of rotatable bonds is 3. The summed E-state index contributed by atoms with van der Waals surface area (Å²) in [6.07, 6.45) is 1.49.